The summed E-state index contributed by atoms with van der Waals surface area (Å²) >= 11 is 1.45. The van der Waals surface area contributed by atoms with Crippen LogP contribution < -0.4 is 5.56 Å². The van der Waals surface area contributed by atoms with Gasteiger partial charge in [-0.15, -0.1) is 11.3 Å². The highest BCUT2D eigenvalue weighted by Gasteiger charge is 2.40. The molecule has 5 rings (SSSR count). The van der Waals surface area contributed by atoms with Crippen LogP contribution in [-0.2, 0) is 16.6 Å². The highest BCUT2D eigenvalue weighted by Crippen LogP contribution is 2.35. The van der Waals surface area contributed by atoms with Crippen molar-refractivity contribution in [2.24, 2.45) is 0 Å². The van der Waals surface area contributed by atoms with Gasteiger partial charge in [0.15, 0.2) is 0 Å². The number of benzene rings is 2. The first-order chi connectivity index (χ1) is 14.9. The van der Waals surface area contributed by atoms with E-state index in [9.17, 15) is 18.0 Å². The van der Waals surface area contributed by atoms with Crippen molar-refractivity contribution in [3.8, 4) is 10.4 Å². The fourth-order valence-corrected chi connectivity index (χ4v) is 6.54. The molecule has 9 heteroatoms. The van der Waals surface area contributed by atoms with Crippen LogP contribution in [0.25, 0.3) is 20.7 Å². The molecule has 1 aliphatic heterocycles. The first kappa shape index (κ1) is 19.7. The zero-order valence-corrected chi connectivity index (χ0v) is 18.1. The quantitative estimate of drug-likeness (QED) is 0.475. The number of nitrogens with zero attached hydrogens (tertiary/aromatic N) is 3. The van der Waals surface area contributed by atoms with E-state index < -0.39 is 15.9 Å². The van der Waals surface area contributed by atoms with Crippen LogP contribution >= 0.6 is 11.3 Å². The average Bonchev–Trinajstić information content (AvgIpc) is 3.21. The molecular weight excluding hydrogens is 434 g/mol. The molecule has 1 aliphatic rings. The van der Waals surface area contributed by atoms with E-state index >= 15 is 0 Å². The molecule has 4 aromatic rings. The Hall–Kier alpha value is -3.30. The Morgan fingerprint density at radius 3 is 2.42 bits per heavy atom. The van der Waals surface area contributed by atoms with Gasteiger partial charge in [0.2, 0.25) is 0 Å². The Morgan fingerprint density at radius 1 is 0.968 bits per heavy atom. The third kappa shape index (κ3) is 3.00. The standard InChI is InChI=1S/C22H17N3O4S2/c1-14-18-20(30-19(14)15-7-3-2-4-8-15)23-13-24(22(18)27)11-12-25-21(26)16-9-5-6-10-17(16)31(25,28)29/h2-10,13H,11-12H2,1H3. The van der Waals surface area contributed by atoms with Gasteiger partial charge >= 0.3 is 0 Å². The predicted octanol–water partition coefficient (Wildman–Crippen LogP) is 3.28. The van der Waals surface area contributed by atoms with Gasteiger partial charge in [0.25, 0.3) is 21.5 Å². The maximum absolute atomic E-state index is 13.1. The van der Waals surface area contributed by atoms with Crippen molar-refractivity contribution in [2.75, 3.05) is 6.54 Å². The van der Waals surface area contributed by atoms with Gasteiger partial charge in [0, 0.05) is 11.4 Å². The summed E-state index contributed by atoms with van der Waals surface area (Å²) in [5, 5.41) is 0.519. The van der Waals surface area contributed by atoms with E-state index in [2.05, 4.69) is 4.98 Å². The number of sulfonamides is 1. The van der Waals surface area contributed by atoms with Gasteiger partial charge in [-0.05, 0) is 30.2 Å². The van der Waals surface area contributed by atoms with Crippen LogP contribution in [-0.4, -0.2) is 34.7 Å². The molecule has 0 radical (unpaired) electrons. The normalized spacial score (nSPS) is 14.9. The Bertz CT molecular complexity index is 1510. The van der Waals surface area contributed by atoms with Crippen LogP contribution in [0.2, 0.25) is 0 Å². The van der Waals surface area contributed by atoms with E-state index in [0.29, 0.717) is 10.2 Å². The number of carbonyl (C=O) groups is 1. The van der Waals surface area contributed by atoms with Crippen LogP contribution in [0.4, 0.5) is 0 Å². The summed E-state index contributed by atoms with van der Waals surface area (Å²) in [7, 11) is -3.91. The lowest BCUT2D eigenvalue weighted by Gasteiger charge is -2.15. The zero-order chi connectivity index (χ0) is 21.8. The molecule has 0 aliphatic carbocycles. The molecule has 0 saturated heterocycles. The SMILES string of the molecule is Cc1c(-c2ccccc2)sc2ncn(CCN3C(=O)c4ccccc4S3(=O)=O)c(=O)c12. The van der Waals surface area contributed by atoms with Crippen molar-refractivity contribution in [3.05, 3.63) is 82.4 Å². The summed E-state index contributed by atoms with van der Waals surface area (Å²) in [6.45, 7) is 1.77. The third-order valence-electron chi connectivity index (χ3n) is 5.41. The van der Waals surface area contributed by atoms with E-state index in [4.69, 9.17) is 0 Å². The third-order valence-corrected chi connectivity index (χ3v) is 8.50. The maximum Gasteiger partial charge on any atom is 0.269 e. The lowest BCUT2D eigenvalue weighted by Crippen LogP contribution is -2.35. The molecule has 2 aromatic heterocycles. The summed E-state index contributed by atoms with van der Waals surface area (Å²) in [6.07, 6.45) is 1.41. The number of carbonyl (C=O) groups excluding carboxylic acids is 1. The van der Waals surface area contributed by atoms with Gasteiger partial charge in [-0.1, -0.05) is 42.5 Å². The molecule has 1 amide bonds. The van der Waals surface area contributed by atoms with Gasteiger partial charge in [-0.2, -0.15) is 0 Å². The van der Waals surface area contributed by atoms with Crippen LogP contribution in [0.1, 0.15) is 15.9 Å². The fourth-order valence-electron chi connectivity index (χ4n) is 3.83. The van der Waals surface area contributed by atoms with E-state index in [1.165, 1.54) is 34.4 Å². The second-order valence-corrected chi connectivity index (χ2v) is 10.1. The first-order valence-corrected chi connectivity index (χ1v) is 11.9. The molecule has 0 N–H and O–H groups in total. The minimum Gasteiger partial charge on any atom is -0.297 e. The van der Waals surface area contributed by atoms with Crippen molar-refractivity contribution < 1.29 is 13.2 Å². The van der Waals surface area contributed by atoms with E-state index in [0.717, 1.165) is 20.3 Å². The summed E-state index contributed by atoms with van der Waals surface area (Å²) in [4.78, 5) is 31.8. The molecule has 0 saturated carbocycles. The van der Waals surface area contributed by atoms with Gasteiger partial charge in [0.1, 0.15) is 9.73 Å². The smallest absolute Gasteiger partial charge is 0.269 e. The maximum atomic E-state index is 13.1. The van der Waals surface area contributed by atoms with Crippen LogP contribution in [0, 0.1) is 6.92 Å². The molecule has 0 spiro atoms. The molecule has 2 aromatic carbocycles. The molecule has 0 fully saturated rings. The molecule has 0 bridgehead atoms. The van der Waals surface area contributed by atoms with Crippen LogP contribution in [0.15, 0.2) is 70.6 Å². The number of hydrogen-bond donors (Lipinski definition) is 0. The molecular formula is C22H17N3O4S2. The lowest BCUT2D eigenvalue weighted by atomic mass is 10.1. The van der Waals surface area contributed by atoms with Crippen molar-refractivity contribution in [3.63, 3.8) is 0 Å². The topological polar surface area (TPSA) is 89.3 Å². The highest BCUT2D eigenvalue weighted by atomic mass is 32.2. The number of thiophene rings is 1. The van der Waals surface area contributed by atoms with Gasteiger partial charge < -0.3 is 0 Å². The molecule has 3 heterocycles. The average molecular weight is 452 g/mol. The van der Waals surface area contributed by atoms with E-state index in [-0.39, 0.29) is 29.1 Å². The molecule has 0 atom stereocenters. The Kier molecular flexibility index (Phi) is 4.53. The number of amides is 1. The van der Waals surface area contributed by atoms with Crippen molar-refractivity contribution in [1.29, 1.82) is 0 Å². The van der Waals surface area contributed by atoms with Gasteiger partial charge in [0.05, 0.1) is 23.8 Å². The monoisotopic (exact) mass is 451 g/mol. The van der Waals surface area contributed by atoms with E-state index in [1.807, 2.05) is 37.3 Å². The number of aromatic nitrogens is 2. The summed E-state index contributed by atoms with van der Waals surface area (Å²) in [6, 6.07) is 15.9. The number of aryl methyl sites for hydroxylation is 1. The number of rotatable bonds is 4. The van der Waals surface area contributed by atoms with Crippen molar-refractivity contribution in [1.82, 2.24) is 13.9 Å². The molecule has 31 heavy (non-hydrogen) atoms. The Labute approximate surface area is 182 Å². The molecule has 156 valence electrons. The predicted molar refractivity (Wildman–Crippen MR) is 119 cm³/mol. The van der Waals surface area contributed by atoms with Crippen molar-refractivity contribution >= 4 is 37.5 Å². The number of fused-ring (bicyclic) bond motifs is 2. The Balaban J connectivity index is 1.49. The van der Waals surface area contributed by atoms with Gasteiger partial charge in [-0.25, -0.2) is 17.7 Å². The second-order valence-electron chi connectivity index (χ2n) is 7.22. The zero-order valence-electron chi connectivity index (χ0n) is 16.5. The highest BCUT2D eigenvalue weighted by molar-refractivity contribution is 7.90. The minimum atomic E-state index is -3.91. The molecule has 7 nitrogen and oxygen atoms in total. The largest absolute Gasteiger partial charge is 0.297 e. The number of hydrogen-bond acceptors (Lipinski definition) is 6. The summed E-state index contributed by atoms with van der Waals surface area (Å²) in [5.74, 6) is -0.573. The lowest BCUT2D eigenvalue weighted by molar-refractivity contribution is 0.0868. The van der Waals surface area contributed by atoms with Crippen LogP contribution in [0.5, 0.6) is 0 Å². The second kappa shape index (κ2) is 7.14. The summed E-state index contributed by atoms with van der Waals surface area (Å²) < 4.78 is 27.6. The molecule has 0 unspecified atom stereocenters. The summed E-state index contributed by atoms with van der Waals surface area (Å²) in [5.41, 5.74) is 1.77. The van der Waals surface area contributed by atoms with Gasteiger partial charge in [-0.3, -0.25) is 14.2 Å². The Morgan fingerprint density at radius 2 is 1.68 bits per heavy atom. The van der Waals surface area contributed by atoms with E-state index in [1.54, 1.807) is 12.1 Å². The minimum absolute atomic E-state index is 0.00195. The van der Waals surface area contributed by atoms with Crippen molar-refractivity contribution in [2.45, 2.75) is 18.4 Å². The fraction of sp³-hybridized carbons (Fsp3) is 0.136. The van der Waals surface area contributed by atoms with Crippen LogP contribution in [0.3, 0.4) is 0 Å². The first-order valence-electron chi connectivity index (χ1n) is 9.59.